The highest BCUT2D eigenvalue weighted by molar-refractivity contribution is 5.55. The first kappa shape index (κ1) is 2.45. The van der Waals surface area contributed by atoms with E-state index in [1.807, 2.05) is 0 Å². The predicted octanol–water partition coefficient (Wildman–Crippen LogP) is 2.76. The van der Waals surface area contributed by atoms with Crippen molar-refractivity contribution in [1.82, 2.24) is 9.97 Å². The third-order valence-electron chi connectivity index (χ3n) is 1.41. The van der Waals surface area contributed by atoms with E-state index in [-0.39, 0.29) is 0 Å². The Kier molecular flexibility index (Phi) is 0.627. The molecule has 0 aliphatic rings. The van der Waals surface area contributed by atoms with Gasteiger partial charge in [0.05, 0.1) is 19.6 Å². The summed E-state index contributed by atoms with van der Waals surface area (Å²) in [6.07, 6.45) is -1.58. The summed E-state index contributed by atoms with van der Waals surface area (Å²) in [6.45, 7) is -5.84. The molecule has 0 aliphatic heterocycles. The number of pyridine rings is 2. The normalized spacial score (nSPS) is 24.3. The molecular formula is C12H12N2. The highest BCUT2D eigenvalue weighted by atomic mass is 14.8. The van der Waals surface area contributed by atoms with Crippen LogP contribution in [0, 0.1) is 13.7 Å². The Bertz CT molecular complexity index is 810. The maximum Gasteiger partial charge on any atom is 0.0888 e. The molecule has 0 fully saturated rings. The fourth-order valence-electron chi connectivity index (χ4n) is 0.859. The van der Waals surface area contributed by atoms with E-state index in [0.717, 1.165) is 0 Å². The standard InChI is InChI=1S/C12H12N2/c1-9-3-5-13-11(7-9)12-8-10(2)4-6-14-12/h3-8H,1-2H3/i1D3,2D3,3D,4D,5D,6D,7D,8D. The van der Waals surface area contributed by atoms with E-state index < -0.39 is 72.7 Å². The van der Waals surface area contributed by atoms with Crippen LogP contribution in [-0.4, -0.2) is 9.97 Å². The van der Waals surface area contributed by atoms with E-state index in [4.69, 9.17) is 16.4 Å². The van der Waals surface area contributed by atoms with Crippen molar-refractivity contribution in [1.29, 1.82) is 0 Å². The van der Waals surface area contributed by atoms with Crippen molar-refractivity contribution in [3.05, 3.63) is 47.6 Å². The molecule has 2 aromatic heterocycles. The van der Waals surface area contributed by atoms with Crippen LogP contribution in [0.15, 0.2) is 36.5 Å². The quantitative estimate of drug-likeness (QED) is 0.701. The zero-order valence-corrected chi connectivity index (χ0v) is 6.89. The number of aromatic nitrogens is 2. The van der Waals surface area contributed by atoms with E-state index in [0.29, 0.717) is 0 Å². The summed E-state index contributed by atoms with van der Waals surface area (Å²) in [7, 11) is 0. The smallest absolute Gasteiger partial charge is 0.0888 e. The van der Waals surface area contributed by atoms with Gasteiger partial charge >= 0.3 is 0 Å². The van der Waals surface area contributed by atoms with Gasteiger partial charge in [-0.25, -0.2) is 0 Å². The zero-order chi connectivity index (χ0) is 20.2. The second-order valence-electron chi connectivity index (χ2n) is 2.39. The van der Waals surface area contributed by atoms with Gasteiger partial charge in [-0.2, -0.15) is 0 Å². The molecule has 0 bridgehead atoms. The summed E-state index contributed by atoms with van der Waals surface area (Å²) in [4.78, 5) is 7.20. The lowest BCUT2D eigenvalue weighted by molar-refractivity contribution is 1.21. The second-order valence-corrected chi connectivity index (χ2v) is 2.39. The average Bonchev–Trinajstić information content (AvgIpc) is 2.44. The van der Waals surface area contributed by atoms with E-state index >= 15 is 0 Å². The number of nitrogens with zero attached hydrogens (tertiary/aromatic N) is 2. The molecule has 2 aromatic rings. The molecule has 70 valence electrons. The molecular weight excluding hydrogens is 172 g/mol. The summed E-state index contributed by atoms with van der Waals surface area (Å²) in [6, 6.07) is -3.18. The minimum absolute atomic E-state index is 0.596. The maximum atomic E-state index is 8.03. The van der Waals surface area contributed by atoms with Crippen LogP contribution < -0.4 is 0 Å². The SMILES string of the molecule is [2H]c1nc(-c2nc([2H])c([2H])c(C([2H])([2H])[2H])c2[2H])c([2H])c(C([2H])([2H])[2H])c1[2H]. The van der Waals surface area contributed by atoms with Gasteiger partial charge in [-0.15, -0.1) is 0 Å². The number of hydrogen-bond acceptors (Lipinski definition) is 2. The van der Waals surface area contributed by atoms with Crippen LogP contribution in [0.5, 0.6) is 0 Å². The minimum Gasteiger partial charge on any atom is -0.255 e. The Morgan fingerprint density at radius 3 is 1.93 bits per heavy atom. The van der Waals surface area contributed by atoms with E-state index in [1.54, 1.807) is 0 Å². The van der Waals surface area contributed by atoms with Crippen molar-refractivity contribution < 1.29 is 16.4 Å². The van der Waals surface area contributed by atoms with Gasteiger partial charge in [0.25, 0.3) is 0 Å². The van der Waals surface area contributed by atoms with Crippen molar-refractivity contribution >= 4 is 0 Å². The lowest BCUT2D eigenvalue weighted by Gasteiger charge is -2.01. The lowest BCUT2D eigenvalue weighted by atomic mass is 10.1. The maximum absolute atomic E-state index is 8.03. The van der Waals surface area contributed by atoms with Crippen LogP contribution in [0.25, 0.3) is 11.4 Å². The lowest BCUT2D eigenvalue weighted by Crippen LogP contribution is -1.88. The van der Waals surface area contributed by atoms with Crippen LogP contribution in [0.2, 0.25) is 0 Å². The molecule has 0 N–H and O–H groups in total. The molecule has 0 amide bonds. The van der Waals surface area contributed by atoms with Crippen LogP contribution in [-0.2, 0) is 0 Å². The molecule has 14 heavy (non-hydrogen) atoms. The van der Waals surface area contributed by atoms with Gasteiger partial charge in [0.1, 0.15) is 0 Å². The Morgan fingerprint density at radius 1 is 1.00 bits per heavy atom. The summed E-state index contributed by atoms with van der Waals surface area (Å²) >= 11 is 0. The van der Waals surface area contributed by atoms with Gasteiger partial charge in [-0.05, 0) is 49.0 Å². The van der Waals surface area contributed by atoms with Gasteiger partial charge in [0.2, 0.25) is 0 Å². The third kappa shape index (κ3) is 1.79. The first-order chi connectivity index (χ1) is 11.7. The van der Waals surface area contributed by atoms with Gasteiger partial charge in [0, 0.05) is 20.6 Å². The molecule has 0 atom stereocenters. The van der Waals surface area contributed by atoms with Gasteiger partial charge < -0.3 is 0 Å². The molecule has 0 spiro atoms. The average molecular weight is 196 g/mol. The molecule has 0 aromatic carbocycles. The van der Waals surface area contributed by atoms with Crippen molar-refractivity contribution in [2.24, 2.45) is 0 Å². The number of rotatable bonds is 1. The van der Waals surface area contributed by atoms with Gasteiger partial charge in [0.15, 0.2) is 0 Å². The van der Waals surface area contributed by atoms with Crippen molar-refractivity contribution in [2.45, 2.75) is 13.7 Å². The molecule has 0 saturated heterocycles. The van der Waals surface area contributed by atoms with Crippen molar-refractivity contribution in [2.75, 3.05) is 0 Å². The number of hydrogen-bond donors (Lipinski definition) is 0. The molecule has 0 aliphatic carbocycles. The first-order valence-electron chi connectivity index (χ1n) is 9.64. The summed E-state index contributed by atoms with van der Waals surface area (Å²) in [5.74, 6) is 0. The third-order valence-corrected chi connectivity index (χ3v) is 1.41. The second kappa shape index (κ2) is 3.58. The van der Waals surface area contributed by atoms with E-state index in [1.165, 1.54) is 0 Å². The topological polar surface area (TPSA) is 25.8 Å². The molecule has 2 nitrogen and oxygen atoms in total. The Morgan fingerprint density at radius 2 is 1.50 bits per heavy atom. The molecule has 0 saturated carbocycles. The summed E-state index contributed by atoms with van der Waals surface area (Å²) in [5.41, 5.74) is -2.77. The fourth-order valence-corrected chi connectivity index (χ4v) is 0.859. The zero-order valence-electron chi connectivity index (χ0n) is 18.9. The highest BCUT2D eigenvalue weighted by Crippen LogP contribution is 2.15. The minimum atomic E-state index is -2.92. The van der Waals surface area contributed by atoms with Crippen LogP contribution in [0.3, 0.4) is 0 Å². The van der Waals surface area contributed by atoms with E-state index in [2.05, 4.69) is 9.97 Å². The summed E-state index contributed by atoms with van der Waals surface area (Å²) in [5, 5.41) is 0. The van der Waals surface area contributed by atoms with Crippen molar-refractivity contribution in [3.63, 3.8) is 0 Å². The molecule has 2 heteroatoms. The highest BCUT2D eigenvalue weighted by Gasteiger charge is 2.00. The van der Waals surface area contributed by atoms with Gasteiger partial charge in [-0.1, -0.05) is 0 Å². The molecule has 2 rings (SSSR count). The van der Waals surface area contributed by atoms with Crippen LogP contribution in [0.1, 0.15) is 27.6 Å². The Balaban J connectivity index is 2.95. The Labute approximate surface area is 101 Å². The molecule has 2 heterocycles. The monoisotopic (exact) mass is 196 g/mol. The summed E-state index contributed by atoms with van der Waals surface area (Å²) < 4.78 is 91.3. The largest absolute Gasteiger partial charge is 0.255 e. The van der Waals surface area contributed by atoms with E-state index in [9.17, 15) is 0 Å². The van der Waals surface area contributed by atoms with Crippen LogP contribution in [0.4, 0.5) is 0 Å². The first-order valence-corrected chi connectivity index (χ1v) is 3.64. The van der Waals surface area contributed by atoms with Crippen molar-refractivity contribution in [3.8, 4) is 11.4 Å². The molecule has 0 radical (unpaired) electrons. The van der Waals surface area contributed by atoms with Crippen LogP contribution >= 0.6 is 0 Å². The van der Waals surface area contributed by atoms with Gasteiger partial charge in [-0.3, -0.25) is 9.97 Å². The Hall–Kier alpha value is -1.70. The molecule has 0 unspecified atom stereocenters. The predicted molar refractivity (Wildman–Crippen MR) is 56.9 cm³/mol. The fraction of sp³-hybridized carbons (Fsp3) is 0.167.